The summed E-state index contributed by atoms with van der Waals surface area (Å²) >= 11 is 5.49. The molecule has 1 aromatic carbocycles. The van der Waals surface area contributed by atoms with E-state index in [0.717, 1.165) is 36.0 Å². The lowest BCUT2D eigenvalue weighted by molar-refractivity contribution is -0.0491. The summed E-state index contributed by atoms with van der Waals surface area (Å²) in [5, 5.41) is 7.70. The Labute approximate surface area is 139 Å². The molecular formula is C19H26N2S. The van der Waals surface area contributed by atoms with Crippen molar-refractivity contribution in [3.63, 3.8) is 0 Å². The molecule has 118 valence electrons. The minimum absolute atomic E-state index is 0.549. The molecule has 2 N–H and O–H groups in total. The molecule has 4 fully saturated rings. The molecule has 22 heavy (non-hydrogen) atoms. The van der Waals surface area contributed by atoms with Crippen molar-refractivity contribution in [3.8, 4) is 0 Å². The first-order valence-corrected chi connectivity index (χ1v) is 9.17. The zero-order valence-corrected chi connectivity index (χ0v) is 14.0. The van der Waals surface area contributed by atoms with Gasteiger partial charge in [-0.15, -0.1) is 0 Å². The first-order chi connectivity index (χ1) is 10.7. The van der Waals surface area contributed by atoms with Crippen LogP contribution in [0.4, 0.5) is 0 Å². The third kappa shape index (κ3) is 3.01. The Balaban J connectivity index is 1.28. The van der Waals surface area contributed by atoms with E-state index in [9.17, 15) is 0 Å². The van der Waals surface area contributed by atoms with Gasteiger partial charge in [0.05, 0.1) is 0 Å². The lowest BCUT2D eigenvalue weighted by atomic mass is 9.49. The van der Waals surface area contributed by atoms with Crippen LogP contribution in [0, 0.1) is 23.2 Å². The van der Waals surface area contributed by atoms with Gasteiger partial charge in [-0.1, -0.05) is 30.3 Å². The second-order valence-electron chi connectivity index (χ2n) is 7.94. The molecule has 4 aliphatic rings. The molecular weight excluding hydrogens is 288 g/mol. The maximum atomic E-state index is 5.49. The maximum Gasteiger partial charge on any atom is 0.166 e. The van der Waals surface area contributed by atoms with Gasteiger partial charge in [0.25, 0.3) is 0 Å². The van der Waals surface area contributed by atoms with E-state index in [1.165, 1.54) is 44.1 Å². The van der Waals surface area contributed by atoms with Crippen molar-refractivity contribution in [1.29, 1.82) is 0 Å². The summed E-state index contributed by atoms with van der Waals surface area (Å²) < 4.78 is 0. The van der Waals surface area contributed by atoms with Gasteiger partial charge in [0, 0.05) is 13.1 Å². The molecule has 5 rings (SSSR count). The Hall–Kier alpha value is -1.09. The van der Waals surface area contributed by atoms with E-state index in [1.54, 1.807) is 0 Å². The van der Waals surface area contributed by atoms with Gasteiger partial charge in [-0.3, -0.25) is 0 Å². The first kappa shape index (κ1) is 14.5. The van der Waals surface area contributed by atoms with Crippen LogP contribution in [0.1, 0.15) is 44.1 Å². The largest absolute Gasteiger partial charge is 0.362 e. The van der Waals surface area contributed by atoms with Crippen LogP contribution in [-0.2, 0) is 6.54 Å². The highest BCUT2D eigenvalue weighted by Crippen LogP contribution is 2.59. The van der Waals surface area contributed by atoms with Crippen molar-refractivity contribution in [1.82, 2.24) is 10.6 Å². The number of hydrogen-bond donors (Lipinski definition) is 2. The zero-order chi connectivity index (χ0) is 15.0. The van der Waals surface area contributed by atoms with Crippen molar-refractivity contribution in [2.45, 2.75) is 45.1 Å². The highest BCUT2D eigenvalue weighted by Gasteiger charge is 2.50. The number of rotatable bonds is 4. The van der Waals surface area contributed by atoms with E-state index >= 15 is 0 Å². The second kappa shape index (κ2) is 5.84. The van der Waals surface area contributed by atoms with Gasteiger partial charge >= 0.3 is 0 Å². The molecule has 1 aromatic rings. The molecule has 0 aromatic heterocycles. The van der Waals surface area contributed by atoms with Crippen LogP contribution in [0.2, 0.25) is 0 Å². The topological polar surface area (TPSA) is 24.1 Å². The maximum absolute atomic E-state index is 5.49. The van der Waals surface area contributed by atoms with Crippen LogP contribution in [0.25, 0.3) is 0 Å². The van der Waals surface area contributed by atoms with Crippen LogP contribution in [0.5, 0.6) is 0 Å². The van der Waals surface area contributed by atoms with Crippen LogP contribution in [0.15, 0.2) is 30.3 Å². The van der Waals surface area contributed by atoms with Crippen LogP contribution in [0.3, 0.4) is 0 Å². The molecule has 0 atom stereocenters. The Morgan fingerprint density at radius 2 is 1.55 bits per heavy atom. The van der Waals surface area contributed by atoms with E-state index in [1.807, 2.05) is 6.07 Å². The number of hydrogen-bond acceptors (Lipinski definition) is 1. The summed E-state index contributed by atoms with van der Waals surface area (Å²) in [6, 6.07) is 10.5. The summed E-state index contributed by atoms with van der Waals surface area (Å²) in [5.41, 5.74) is 1.83. The van der Waals surface area contributed by atoms with Crippen molar-refractivity contribution in [2.24, 2.45) is 23.2 Å². The molecule has 0 unspecified atom stereocenters. The Morgan fingerprint density at radius 3 is 2.14 bits per heavy atom. The average Bonchev–Trinajstić information content (AvgIpc) is 2.51. The van der Waals surface area contributed by atoms with Gasteiger partial charge in [0.15, 0.2) is 5.11 Å². The lowest BCUT2D eigenvalue weighted by Crippen LogP contribution is -2.52. The molecule has 4 saturated carbocycles. The van der Waals surface area contributed by atoms with E-state index < -0.39 is 0 Å². The van der Waals surface area contributed by atoms with Crippen LogP contribution < -0.4 is 10.6 Å². The molecule has 0 spiro atoms. The summed E-state index contributed by atoms with van der Waals surface area (Å²) in [6.07, 6.45) is 8.84. The Morgan fingerprint density at radius 1 is 0.955 bits per heavy atom. The van der Waals surface area contributed by atoms with E-state index in [0.29, 0.717) is 5.41 Å². The molecule has 0 amide bonds. The standard InChI is InChI=1S/C19H26N2S/c22-18(20-12-14-4-2-1-3-5-14)21-13-19-9-15-6-16(10-19)8-17(7-15)11-19/h1-5,15-17H,6-13H2,(H2,20,21,22). The summed E-state index contributed by atoms with van der Waals surface area (Å²) in [6.45, 7) is 1.89. The number of benzene rings is 1. The molecule has 0 heterocycles. The van der Waals surface area contributed by atoms with Gasteiger partial charge in [0.1, 0.15) is 0 Å². The molecule has 4 aliphatic carbocycles. The zero-order valence-electron chi connectivity index (χ0n) is 13.2. The minimum atomic E-state index is 0.549. The number of thiocarbonyl (C=S) groups is 1. The fraction of sp³-hybridized carbons (Fsp3) is 0.632. The second-order valence-corrected chi connectivity index (χ2v) is 8.35. The quantitative estimate of drug-likeness (QED) is 0.825. The van der Waals surface area contributed by atoms with Gasteiger partial charge in [0.2, 0.25) is 0 Å². The smallest absolute Gasteiger partial charge is 0.166 e. The van der Waals surface area contributed by atoms with Crippen LogP contribution in [-0.4, -0.2) is 11.7 Å². The third-order valence-corrected chi connectivity index (χ3v) is 6.37. The monoisotopic (exact) mass is 314 g/mol. The predicted molar refractivity (Wildman–Crippen MR) is 94.5 cm³/mol. The highest BCUT2D eigenvalue weighted by molar-refractivity contribution is 7.80. The van der Waals surface area contributed by atoms with Crippen molar-refractivity contribution in [2.75, 3.05) is 6.54 Å². The van der Waals surface area contributed by atoms with Crippen LogP contribution >= 0.6 is 12.2 Å². The minimum Gasteiger partial charge on any atom is -0.362 e. The van der Waals surface area contributed by atoms with E-state index in [4.69, 9.17) is 12.2 Å². The fourth-order valence-electron chi connectivity index (χ4n) is 5.61. The average molecular weight is 314 g/mol. The third-order valence-electron chi connectivity index (χ3n) is 6.08. The van der Waals surface area contributed by atoms with Gasteiger partial charge in [-0.2, -0.15) is 0 Å². The normalized spacial score (nSPS) is 35.4. The molecule has 0 aliphatic heterocycles. The predicted octanol–water partition coefficient (Wildman–Crippen LogP) is 3.87. The van der Waals surface area contributed by atoms with E-state index in [-0.39, 0.29) is 0 Å². The Kier molecular flexibility index (Phi) is 3.85. The number of nitrogens with one attached hydrogen (secondary N) is 2. The summed E-state index contributed by atoms with van der Waals surface area (Å²) in [7, 11) is 0. The lowest BCUT2D eigenvalue weighted by Gasteiger charge is -2.57. The summed E-state index contributed by atoms with van der Waals surface area (Å²) in [4.78, 5) is 0. The Bertz CT molecular complexity index is 504. The molecule has 4 bridgehead atoms. The highest BCUT2D eigenvalue weighted by atomic mass is 32.1. The van der Waals surface area contributed by atoms with Gasteiger partial charge in [-0.25, -0.2) is 0 Å². The summed E-state index contributed by atoms with van der Waals surface area (Å²) in [5.74, 6) is 3.04. The van der Waals surface area contributed by atoms with Crippen molar-refractivity contribution < 1.29 is 0 Å². The molecule has 0 saturated heterocycles. The molecule has 2 nitrogen and oxygen atoms in total. The molecule has 0 radical (unpaired) electrons. The van der Waals surface area contributed by atoms with Gasteiger partial charge < -0.3 is 10.6 Å². The van der Waals surface area contributed by atoms with Gasteiger partial charge in [-0.05, 0) is 79.5 Å². The first-order valence-electron chi connectivity index (χ1n) is 8.76. The molecule has 3 heteroatoms. The fourth-order valence-corrected chi connectivity index (χ4v) is 5.76. The van der Waals surface area contributed by atoms with Crippen molar-refractivity contribution in [3.05, 3.63) is 35.9 Å². The SMILES string of the molecule is S=C(NCc1ccccc1)NCC12CC3CC(CC(C3)C1)C2. The van der Waals surface area contributed by atoms with E-state index in [2.05, 4.69) is 34.9 Å². The van der Waals surface area contributed by atoms with Crippen molar-refractivity contribution >= 4 is 17.3 Å².